The lowest BCUT2D eigenvalue weighted by atomic mass is 10.2. The zero-order valence-corrected chi connectivity index (χ0v) is 13.2. The standard InChI is InChI=1S/C12H16ClN5O6/c13-2-4-18(16-23)11(21)14-6-8-7(19)5-10(24-8)17-3-1-9(20)15-12(17)22/h1,3,7-8,10,19H,2,4-6H2,(H,14,21)(H,15,20,22). The molecule has 2 rings (SSSR count). The van der Waals surface area contributed by atoms with E-state index in [-0.39, 0.29) is 25.4 Å². The Balaban J connectivity index is 1.96. The van der Waals surface area contributed by atoms with Crippen molar-refractivity contribution in [1.82, 2.24) is 19.9 Å². The second-order valence-electron chi connectivity index (χ2n) is 5.03. The van der Waals surface area contributed by atoms with Crippen molar-refractivity contribution in [2.24, 2.45) is 5.29 Å². The van der Waals surface area contributed by atoms with Gasteiger partial charge >= 0.3 is 11.7 Å². The number of aliphatic hydroxyl groups is 1. The van der Waals surface area contributed by atoms with Gasteiger partial charge in [0.1, 0.15) is 12.3 Å². The monoisotopic (exact) mass is 361 g/mol. The Labute approximate surface area is 140 Å². The molecule has 132 valence electrons. The molecule has 1 fully saturated rings. The smallest absolute Gasteiger partial charge is 0.340 e. The van der Waals surface area contributed by atoms with E-state index in [4.69, 9.17) is 16.3 Å². The van der Waals surface area contributed by atoms with Gasteiger partial charge in [-0.25, -0.2) is 9.59 Å². The van der Waals surface area contributed by atoms with Gasteiger partial charge in [-0.3, -0.25) is 14.3 Å². The molecular formula is C12H16ClN5O6. The van der Waals surface area contributed by atoms with Crippen LogP contribution >= 0.6 is 11.6 Å². The van der Waals surface area contributed by atoms with Crippen LogP contribution in [0.15, 0.2) is 27.1 Å². The van der Waals surface area contributed by atoms with Crippen LogP contribution < -0.4 is 16.6 Å². The summed E-state index contributed by atoms with van der Waals surface area (Å²) in [6, 6.07) is 0.387. The number of nitrogens with zero attached hydrogens (tertiary/aromatic N) is 3. The minimum absolute atomic E-state index is 0.0406. The van der Waals surface area contributed by atoms with E-state index in [1.54, 1.807) is 0 Å². The molecule has 24 heavy (non-hydrogen) atoms. The molecule has 2 amide bonds. The van der Waals surface area contributed by atoms with Gasteiger partial charge in [-0.2, -0.15) is 5.01 Å². The lowest BCUT2D eigenvalue weighted by molar-refractivity contribution is -0.0183. The summed E-state index contributed by atoms with van der Waals surface area (Å²) in [6.45, 7) is -0.150. The van der Waals surface area contributed by atoms with Gasteiger partial charge in [-0.05, 0) is 0 Å². The van der Waals surface area contributed by atoms with E-state index in [2.05, 4.69) is 15.6 Å². The largest absolute Gasteiger partial charge is 0.390 e. The number of urea groups is 1. The molecule has 2 heterocycles. The Bertz CT molecular complexity index is 706. The van der Waals surface area contributed by atoms with Crippen molar-refractivity contribution in [2.45, 2.75) is 24.9 Å². The minimum Gasteiger partial charge on any atom is -0.390 e. The number of aromatic amines is 1. The second-order valence-corrected chi connectivity index (χ2v) is 5.41. The molecular weight excluding hydrogens is 346 g/mol. The van der Waals surface area contributed by atoms with Crippen LogP contribution in [0.25, 0.3) is 0 Å². The average molecular weight is 362 g/mol. The summed E-state index contributed by atoms with van der Waals surface area (Å²) in [5.74, 6) is 0.0406. The van der Waals surface area contributed by atoms with Crippen LogP contribution in [-0.2, 0) is 4.74 Å². The zero-order chi connectivity index (χ0) is 17.7. The number of halogens is 1. The number of H-pyrrole nitrogens is 1. The third kappa shape index (κ3) is 4.19. The maximum atomic E-state index is 11.7. The van der Waals surface area contributed by atoms with Crippen LogP contribution in [0.3, 0.4) is 0 Å². The molecule has 0 aromatic carbocycles. The van der Waals surface area contributed by atoms with E-state index in [0.717, 1.165) is 10.6 Å². The summed E-state index contributed by atoms with van der Waals surface area (Å²) in [4.78, 5) is 47.1. The molecule has 12 heteroatoms. The Morgan fingerprint density at radius 3 is 2.96 bits per heavy atom. The van der Waals surface area contributed by atoms with Gasteiger partial charge in [0.05, 0.1) is 17.9 Å². The van der Waals surface area contributed by atoms with E-state index in [1.807, 2.05) is 0 Å². The quantitative estimate of drug-likeness (QED) is 0.340. The highest BCUT2D eigenvalue weighted by Crippen LogP contribution is 2.27. The molecule has 0 radical (unpaired) electrons. The molecule has 0 aliphatic carbocycles. The predicted octanol–water partition coefficient (Wildman–Crippen LogP) is -0.883. The van der Waals surface area contributed by atoms with E-state index < -0.39 is 35.7 Å². The SMILES string of the molecule is O=NN(CCCl)C(=O)NCC1OC(n2ccc(=O)[nH]c2=O)CC1O. The second kappa shape index (κ2) is 8.04. The van der Waals surface area contributed by atoms with Gasteiger partial charge in [-0.15, -0.1) is 16.5 Å². The molecule has 3 N–H and O–H groups in total. The fourth-order valence-corrected chi connectivity index (χ4v) is 2.42. The Morgan fingerprint density at radius 1 is 1.58 bits per heavy atom. The number of rotatable bonds is 6. The number of hydrogen-bond acceptors (Lipinski definition) is 7. The number of aromatic nitrogens is 2. The van der Waals surface area contributed by atoms with Crippen molar-refractivity contribution in [3.8, 4) is 0 Å². The van der Waals surface area contributed by atoms with Gasteiger partial charge in [0.2, 0.25) is 0 Å². The van der Waals surface area contributed by atoms with Gasteiger partial charge in [0.15, 0.2) is 0 Å². The van der Waals surface area contributed by atoms with Gasteiger partial charge in [0.25, 0.3) is 5.56 Å². The Hall–Kier alpha value is -2.24. The molecule has 1 saturated heterocycles. The summed E-state index contributed by atoms with van der Waals surface area (Å²) in [5, 5.41) is 15.5. The molecule has 1 aliphatic rings. The van der Waals surface area contributed by atoms with E-state index >= 15 is 0 Å². The molecule has 1 aromatic heterocycles. The Kier molecular flexibility index (Phi) is 6.06. The van der Waals surface area contributed by atoms with E-state index in [0.29, 0.717) is 5.01 Å². The maximum absolute atomic E-state index is 11.7. The molecule has 11 nitrogen and oxygen atoms in total. The number of ether oxygens (including phenoxy) is 1. The third-order valence-corrected chi connectivity index (χ3v) is 3.62. The fourth-order valence-electron chi connectivity index (χ4n) is 2.26. The zero-order valence-electron chi connectivity index (χ0n) is 12.4. The van der Waals surface area contributed by atoms with Crippen molar-refractivity contribution in [3.05, 3.63) is 38.0 Å². The predicted molar refractivity (Wildman–Crippen MR) is 82.5 cm³/mol. The molecule has 3 atom stereocenters. The van der Waals surface area contributed by atoms with Crippen molar-refractivity contribution in [2.75, 3.05) is 19.0 Å². The lowest BCUT2D eigenvalue weighted by Crippen LogP contribution is -2.43. The topological polar surface area (TPSA) is 146 Å². The highest BCUT2D eigenvalue weighted by atomic mass is 35.5. The summed E-state index contributed by atoms with van der Waals surface area (Å²) in [5.41, 5.74) is -1.21. The average Bonchev–Trinajstić information content (AvgIpc) is 2.91. The van der Waals surface area contributed by atoms with E-state index in [9.17, 15) is 24.4 Å². The molecule has 0 saturated carbocycles. The normalized spacial score (nSPS) is 23.0. The maximum Gasteiger partial charge on any atom is 0.340 e. The first kappa shape index (κ1) is 18.1. The molecule has 0 spiro atoms. The number of carbonyl (C=O) groups is 1. The summed E-state index contributed by atoms with van der Waals surface area (Å²) >= 11 is 5.44. The number of carbonyl (C=O) groups excluding carboxylic acids is 1. The molecule has 1 aromatic rings. The summed E-state index contributed by atoms with van der Waals surface area (Å²) in [6.07, 6.45) is -1.15. The first-order valence-corrected chi connectivity index (χ1v) is 7.59. The highest BCUT2D eigenvalue weighted by molar-refractivity contribution is 6.18. The number of nitroso groups, excluding NO2 is 1. The Morgan fingerprint density at radius 2 is 2.33 bits per heavy atom. The first-order chi connectivity index (χ1) is 11.5. The van der Waals surface area contributed by atoms with Crippen LogP contribution in [0.1, 0.15) is 12.6 Å². The van der Waals surface area contributed by atoms with Crippen molar-refractivity contribution in [3.63, 3.8) is 0 Å². The summed E-state index contributed by atoms with van der Waals surface area (Å²) < 4.78 is 6.67. The molecule has 3 unspecified atom stereocenters. The fraction of sp³-hybridized carbons (Fsp3) is 0.583. The third-order valence-electron chi connectivity index (χ3n) is 3.45. The number of nitrogens with one attached hydrogen (secondary N) is 2. The van der Waals surface area contributed by atoms with Crippen LogP contribution in [0.4, 0.5) is 4.79 Å². The van der Waals surface area contributed by atoms with Gasteiger partial charge in [-0.1, -0.05) is 0 Å². The number of aliphatic hydroxyl groups excluding tert-OH is 1. The lowest BCUT2D eigenvalue weighted by Gasteiger charge is -2.18. The summed E-state index contributed by atoms with van der Waals surface area (Å²) in [7, 11) is 0. The van der Waals surface area contributed by atoms with Crippen molar-refractivity contribution < 1.29 is 14.6 Å². The number of alkyl halides is 1. The van der Waals surface area contributed by atoms with Crippen LogP contribution in [0.2, 0.25) is 0 Å². The number of amides is 2. The van der Waals surface area contributed by atoms with E-state index in [1.165, 1.54) is 6.20 Å². The highest BCUT2D eigenvalue weighted by Gasteiger charge is 2.35. The van der Waals surface area contributed by atoms with Gasteiger partial charge < -0.3 is 15.2 Å². The van der Waals surface area contributed by atoms with Crippen LogP contribution in [-0.4, -0.2) is 56.9 Å². The minimum atomic E-state index is -0.945. The van der Waals surface area contributed by atoms with Crippen LogP contribution in [0.5, 0.6) is 0 Å². The van der Waals surface area contributed by atoms with Crippen molar-refractivity contribution in [1.29, 1.82) is 0 Å². The molecule has 0 bridgehead atoms. The van der Waals surface area contributed by atoms with Crippen molar-refractivity contribution >= 4 is 17.6 Å². The van der Waals surface area contributed by atoms with Crippen LogP contribution in [0, 0.1) is 4.91 Å². The van der Waals surface area contributed by atoms with Gasteiger partial charge in [0, 0.05) is 31.1 Å². The number of hydrogen-bond donors (Lipinski definition) is 3. The first-order valence-electron chi connectivity index (χ1n) is 7.06. The molecule has 1 aliphatic heterocycles.